The van der Waals surface area contributed by atoms with E-state index in [1.807, 2.05) is 57.2 Å². The predicted molar refractivity (Wildman–Crippen MR) is 154 cm³/mol. The molecular formula is C29H34N8O2. The first kappa shape index (κ1) is 26.5. The fourth-order valence-electron chi connectivity index (χ4n) is 4.30. The van der Waals surface area contributed by atoms with Crippen molar-refractivity contribution in [2.75, 3.05) is 31.6 Å². The maximum atomic E-state index is 13.4. The van der Waals surface area contributed by atoms with Gasteiger partial charge in [-0.2, -0.15) is 5.10 Å². The SMILES string of the molecule is CC(C)(C)C(=N)C/C(=N/c1ccccc1)C(=O)Nc1c[nH]nc1-c1nc2cc(CN3CCOCC3)ccc2[nH]1. The van der Waals surface area contributed by atoms with Crippen molar-refractivity contribution >= 4 is 39.7 Å². The molecule has 1 amide bonds. The van der Waals surface area contributed by atoms with Gasteiger partial charge >= 0.3 is 0 Å². The third-order valence-electron chi connectivity index (χ3n) is 6.70. The van der Waals surface area contributed by atoms with Gasteiger partial charge in [-0.1, -0.05) is 45.0 Å². The second-order valence-corrected chi connectivity index (χ2v) is 10.7. The molecule has 0 saturated carbocycles. The van der Waals surface area contributed by atoms with Crippen molar-refractivity contribution in [2.45, 2.75) is 33.7 Å². The summed E-state index contributed by atoms with van der Waals surface area (Å²) in [7, 11) is 0. The lowest BCUT2D eigenvalue weighted by Crippen LogP contribution is -2.35. The normalized spacial score (nSPS) is 15.0. The number of anilines is 1. The van der Waals surface area contributed by atoms with Crippen LogP contribution in [0.3, 0.4) is 0 Å². The van der Waals surface area contributed by atoms with E-state index in [-0.39, 0.29) is 23.5 Å². The maximum absolute atomic E-state index is 13.4. The molecule has 1 aliphatic heterocycles. The highest BCUT2D eigenvalue weighted by Crippen LogP contribution is 2.27. The van der Waals surface area contributed by atoms with Crippen LogP contribution in [0.4, 0.5) is 11.4 Å². The number of hydrogen-bond acceptors (Lipinski definition) is 7. The minimum absolute atomic E-state index is 0.133. The number of nitrogens with zero attached hydrogens (tertiary/aromatic N) is 4. The number of para-hydroxylation sites is 1. The van der Waals surface area contributed by atoms with Crippen LogP contribution >= 0.6 is 0 Å². The van der Waals surface area contributed by atoms with Gasteiger partial charge in [0.25, 0.3) is 5.91 Å². The largest absolute Gasteiger partial charge is 0.379 e. The van der Waals surface area contributed by atoms with Crippen LogP contribution in [-0.4, -0.2) is 68.7 Å². The van der Waals surface area contributed by atoms with Gasteiger partial charge in [0.2, 0.25) is 0 Å². The first-order valence-electron chi connectivity index (χ1n) is 13.1. The van der Waals surface area contributed by atoms with Crippen LogP contribution in [0.15, 0.2) is 59.7 Å². The molecule has 0 unspecified atom stereocenters. The highest BCUT2D eigenvalue weighted by Gasteiger charge is 2.24. The van der Waals surface area contributed by atoms with Crippen molar-refractivity contribution in [1.29, 1.82) is 5.41 Å². The number of benzene rings is 2. The highest BCUT2D eigenvalue weighted by molar-refractivity contribution is 6.46. The summed E-state index contributed by atoms with van der Waals surface area (Å²) in [6.45, 7) is 10.1. The van der Waals surface area contributed by atoms with Crippen LogP contribution in [-0.2, 0) is 16.1 Å². The second-order valence-electron chi connectivity index (χ2n) is 10.7. The van der Waals surface area contributed by atoms with E-state index in [0.717, 1.165) is 43.9 Å². The average molecular weight is 527 g/mol. The summed E-state index contributed by atoms with van der Waals surface area (Å²) in [6.07, 6.45) is 1.76. The van der Waals surface area contributed by atoms with Gasteiger partial charge in [-0.15, -0.1) is 0 Å². The van der Waals surface area contributed by atoms with E-state index >= 15 is 0 Å². The average Bonchev–Trinajstić information content (AvgIpc) is 3.55. The van der Waals surface area contributed by atoms with Gasteiger partial charge in [0.05, 0.1) is 35.6 Å². The van der Waals surface area contributed by atoms with Crippen molar-refractivity contribution in [1.82, 2.24) is 25.1 Å². The number of aromatic nitrogens is 4. The van der Waals surface area contributed by atoms with Crippen LogP contribution in [0.25, 0.3) is 22.6 Å². The molecule has 4 N–H and O–H groups in total. The van der Waals surface area contributed by atoms with Gasteiger partial charge in [0.1, 0.15) is 5.71 Å². The Morgan fingerprint density at radius 1 is 1.15 bits per heavy atom. The Hall–Kier alpha value is -4.15. The molecule has 3 heterocycles. The molecule has 2 aromatic carbocycles. The van der Waals surface area contributed by atoms with Crippen LogP contribution in [0.2, 0.25) is 0 Å². The number of amides is 1. The molecule has 0 radical (unpaired) electrons. The Bertz CT molecular complexity index is 1490. The van der Waals surface area contributed by atoms with E-state index in [1.165, 1.54) is 5.56 Å². The first-order valence-corrected chi connectivity index (χ1v) is 13.1. The number of ether oxygens (including phenoxy) is 1. The van der Waals surface area contributed by atoms with Crippen molar-refractivity contribution < 1.29 is 9.53 Å². The molecular weight excluding hydrogens is 492 g/mol. The summed E-state index contributed by atoms with van der Waals surface area (Å²) in [6, 6.07) is 15.5. The monoisotopic (exact) mass is 526 g/mol. The van der Waals surface area contributed by atoms with E-state index < -0.39 is 0 Å². The number of aromatic amines is 2. The zero-order valence-electron chi connectivity index (χ0n) is 22.5. The third kappa shape index (κ3) is 6.47. The number of aliphatic imine (C=N–C) groups is 1. The minimum atomic E-state index is -0.389. The lowest BCUT2D eigenvalue weighted by molar-refractivity contribution is -0.110. The Morgan fingerprint density at radius 2 is 1.92 bits per heavy atom. The summed E-state index contributed by atoms with van der Waals surface area (Å²) in [5.41, 5.74) is 4.84. The molecule has 202 valence electrons. The van der Waals surface area contributed by atoms with Crippen LogP contribution in [0.1, 0.15) is 32.8 Å². The molecule has 2 aromatic heterocycles. The molecule has 0 aliphatic carbocycles. The van der Waals surface area contributed by atoms with E-state index in [9.17, 15) is 4.79 Å². The number of carbonyl (C=O) groups excluding carboxylic acids is 1. The molecule has 1 fully saturated rings. The lowest BCUT2D eigenvalue weighted by Gasteiger charge is -2.26. The standard InChI is InChI=1S/C29H34N8O2/c1-29(2,3)25(30)16-23(32-20-7-5-4-6-8-20)28(38)35-24-17-31-36-26(24)27-33-21-10-9-19(15-22(21)34-27)18-37-11-13-39-14-12-37/h4-10,15,17,30H,11-14,16,18H2,1-3H3,(H,31,36)(H,33,34)(H,35,38)/b30-25?,32-23-. The molecule has 1 aliphatic rings. The summed E-state index contributed by atoms with van der Waals surface area (Å²) >= 11 is 0. The maximum Gasteiger partial charge on any atom is 0.270 e. The number of hydrogen-bond donors (Lipinski definition) is 4. The van der Waals surface area contributed by atoms with Gasteiger partial charge in [-0.25, -0.2) is 9.98 Å². The zero-order chi connectivity index (χ0) is 27.4. The zero-order valence-corrected chi connectivity index (χ0v) is 22.5. The number of H-pyrrole nitrogens is 2. The number of nitrogens with one attached hydrogen (secondary N) is 4. The van der Waals surface area contributed by atoms with E-state index in [4.69, 9.17) is 15.1 Å². The molecule has 0 spiro atoms. The van der Waals surface area contributed by atoms with E-state index in [2.05, 4.69) is 42.5 Å². The van der Waals surface area contributed by atoms with Gasteiger partial charge < -0.3 is 20.4 Å². The molecule has 1 saturated heterocycles. The summed E-state index contributed by atoms with van der Waals surface area (Å²) in [5, 5.41) is 18.6. The van der Waals surface area contributed by atoms with Gasteiger partial charge in [-0.3, -0.25) is 14.8 Å². The van der Waals surface area contributed by atoms with Crippen molar-refractivity contribution in [3.63, 3.8) is 0 Å². The number of imidazole rings is 1. The smallest absolute Gasteiger partial charge is 0.270 e. The Balaban J connectivity index is 1.37. The van der Waals surface area contributed by atoms with E-state index in [0.29, 0.717) is 28.6 Å². The number of carbonyl (C=O) groups is 1. The Morgan fingerprint density at radius 3 is 2.67 bits per heavy atom. The first-order chi connectivity index (χ1) is 18.8. The van der Waals surface area contributed by atoms with Crippen molar-refractivity contribution in [3.05, 3.63) is 60.3 Å². The quantitative estimate of drug-likeness (QED) is 0.241. The van der Waals surface area contributed by atoms with Crippen molar-refractivity contribution in [2.24, 2.45) is 10.4 Å². The number of rotatable bonds is 8. The molecule has 5 rings (SSSR count). The second kappa shape index (κ2) is 11.3. The summed E-state index contributed by atoms with van der Waals surface area (Å²) in [5.74, 6) is 0.161. The lowest BCUT2D eigenvalue weighted by atomic mass is 9.87. The predicted octanol–water partition coefficient (Wildman–Crippen LogP) is 4.95. The molecule has 10 nitrogen and oxygen atoms in total. The van der Waals surface area contributed by atoms with Gasteiger partial charge in [0, 0.05) is 38.0 Å². The Kier molecular flexibility index (Phi) is 7.67. The van der Waals surface area contributed by atoms with Crippen LogP contribution in [0, 0.1) is 10.8 Å². The molecule has 0 bridgehead atoms. The molecule has 4 aromatic rings. The molecule has 10 heteroatoms. The fourth-order valence-corrected chi connectivity index (χ4v) is 4.30. The highest BCUT2D eigenvalue weighted by atomic mass is 16.5. The topological polar surface area (TPSA) is 135 Å². The van der Waals surface area contributed by atoms with Gasteiger partial charge in [0.15, 0.2) is 11.5 Å². The van der Waals surface area contributed by atoms with Crippen LogP contribution < -0.4 is 5.32 Å². The van der Waals surface area contributed by atoms with Crippen LogP contribution in [0.5, 0.6) is 0 Å². The summed E-state index contributed by atoms with van der Waals surface area (Å²) < 4.78 is 5.45. The fraction of sp³-hybridized carbons (Fsp3) is 0.345. The summed E-state index contributed by atoms with van der Waals surface area (Å²) in [4.78, 5) is 28.5. The minimum Gasteiger partial charge on any atom is -0.379 e. The number of fused-ring (bicyclic) bond motifs is 1. The third-order valence-corrected chi connectivity index (χ3v) is 6.70. The van der Waals surface area contributed by atoms with Gasteiger partial charge in [-0.05, 0) is 35.2 Å². The van der Waals surface area contributed by atoms with Crippen molar-refractivity contribution in [3.8, 4) is 11.5 Å². The molecule has 0 atom stereocenters. The molecule has 39 heavy (non-hydrogen) atoms. The van der Waals surface area contributed by atoms with E-state index in [1.54, 1.807) is 6.20 Å². The Labute approximate surface area is 227 Å². The number of morpholine rings is 1.